The molecule has 0 aliphatic rings. The van der Waals surface area contributed by atoms with E-state index >= 15 is 0 Å². The summed E-state index contributed by atoms with van der Waals surface area (Å²) in [4.78, 5) is 11.1. The highest BCUT2D eigenvalue weighted by Gasteiger charge is 2.07. The number of allylic oxidation sites excluding steroid dienone is 1. The Kier molecular flexibility index (Phi) is 6.19. The van der Waals surface area contributed by atoms with E-state index in [1.807, 2.05) is 76.2 Å². The number of rotatable bonds is 7. The van der Waals surface area contributed by atoms with Crippen LogP contribution in [0.3, 0.4) is 0 Å². The van der Waals surface area contributed by atoms with Crippen molar-refractivity contribution in [3.8, 4) is 11.5 Å². The summed E-state index contributed by atoms with van der Waals surface area (Å²) in [5.41, 5.74) is 2.81. The monoisotopic (exact) mass is 324 g/mol. The Bertz CT molecular complexity index is 625. The molecule has 0 bridgehead atoms. The molecule has 0 aliphatic heterocycles. The van der Waals surface area contributed by atoms with Crippen LogP contribution in [0.4, 0.5) is 0 Å². The zero-order valence-electron chi connectivity index (χ0n) is 14.7. The van der Waals surface area contributed by atoms with Gasteiger partial charge in [0.15, 0.2) is 0 Å². The zero-order chi connectivity index (χ0) is 17.5. The normalized spacial score (nSPS) is 10.6. The van der Waals surface area contributed by atoms with Crippen LogP contribution >= 0.6 is 0 Å². The molecular weight excluding hydrogens is 300 g/mol. The molecule has 0 fully saturated rings. The van der Waals surface area contributed by atoms with Crippen LogP contribution in [-0.4, -0.2) is 18.5 Å². The summed E-state index contributed by atoms with van der Waals surface area (Å²) >= 11 is 0. The fourth-order valence-electron chi connectivity index (χ4n) is 2.40. The van der Waals surface area contributed by atoms with E-state index in [0.29, 0.717) is 0 Å². The summed E-state index contributed by atoms with van der Waals surface area (Å²) in [5.74, 6) is 1.64. The molecule has 126 valence electrons. The lowest BCUT2D eigenvalue weighted by molar-refractivity contribution is -0.104. The van der Waals surface area contributed by atoms with E-state index in [2.05, 4.69) is 0 Å². The van der Waals surface area contributed by atoms with Crippen molar-refractivity contribution in [1.82, 2.24) is 0 Å². The molecule has 0 spiro atoms. The largest absolute Gasteiger partial charge is 0.491 e. The Morgan fingerprint density at radius 3 is 1.42 bits per heavy atom. The van der Waals surface area contributed by atoms with Crippen LogP contribution in [0.2, 0.25) is 0 Å². The van der Waals surface area contributed by atoms with Gasteiger partial charge in [-0.25, -0.2) is 0 Å². The highest BCUT2D eigenvalue weighted by Crippen LogP contribution is 2.27. The first-order valence-corrected chi connectivity index (χ1v) is 8.19. The summed E-state index contributed by atoms with van der Waals surface area (Å²) in [7, 11) is 0. The topological polar surface area (TPSA) is 35.5 Å². The molecule has 0 N–H and O–H groups in total. The second kappa shape index (κ2) is 8.34. The van der Waals surface area contributed by atoms with Gasteiger partial charge in [0.05, 0.1) is 12.2 Å². The standard InChI is InChI=1S/C21H24O3/c1-15(2)23-19-9-5-17(6-10-19)21(13-14-22)18-7-11-20(12-8-18)24-16(3)4/h5-16H,1-4H3. The second-order valence-corrected chi connectivity index (χ2v) is 6.10. The number of carbonyl (C=O) groups excluding carboxylic acids is 1. The fraction of sp³-hybridized carbons (Fsp3) is 0.286. The van der Waals surface area contributed by atoms with E-state index in [4.69, 9.17) is 9.47 Å². The van der Waals surface area contributed by atoms with Crippen LogP contribution in [0.15, 0.2) is 54.6 Å². The summed E-state index contributed by atoms with van der Waals surface area (Å²) in [6.07, 6.45) is 2.66. The lowest BCUT2D eigenvalue weighted by Gasteiger charge is -2.13. The van der Waals surface area contributed by atoms with Crippen molar-refractivity contribution >= 4 is 11.9 Å². The van der Waals surface area contributed by atoms with Crippen molar-refractivity contribution in [1.29, 1.82) is 0 Å². The van der Waals surface area contributed by atoms with Gasteiger partial charge in [-0.1, -0.05) is 24.3 Å². The lowest BCUT2D eigenvalue weighted by atomic mass is 9.97. The summed E-state index contributed by atoms with van der Waals surface area (Å²) in [6, 6.07) is 15.5. The molecule has 0 aromatic heterocycles. The van der Waals surface area contributed by atoms with Crippen LogP contribution in [0, 0.1) is 0 Å². The first kappa shape index (κ1) is 17.8. The predicted molar refractivity (Wildman–Crippen MR) is 97.6 cm³/mol. The molecule has 0 radical (unpaired) electrons. The van der Waals surface area contributed by atoms with Gasteiger partial charge in [-0.2, -0.15) is 0 Å². The molecule has 2 aromatic carbocycles. The maximum absolute atomic E-state index is 11.1. The number of ether oxygens (including phenoxy) is 2. The fourth-order valence-corrected chi connectivity index (χ4v) is 2.40. The molecule has 0 atom stereocenters. The van der Waals surface area contributed by atoms with Crippen molar-refractivity contribution in [3.63, 3.8) is 0 Å². The third-order valence-electron chi connectivity index (χ3n) is 3.31. The Morgan fingerprint density at radius 1 is 0.750 bits per heavy atom. The average molecular weight is 324 g/mol. The van der Waals surface area contributed by atoms with Crippen LogP contribution in [0.1, 0.15) is 38.8 Å². The van der Waals surface area contributed by atoms with Crippen LogP contribution in [0.5, 0.6) is 11.5 Å². The molecule has 0 heterocycles. The van der Waals surface area contributed by atoms with Crippen molar-refractivity contribution in [2.45, 2.75) is 39.9 Å². The Labute approximate surface area is 143 Å². The SMILES string of the molecule is CC(C)Oc1ccc(C(=CC=O)c2ccc(OC(C)C)cc2)cc1. The molecule has 0 saturated carbocycles. The van der Waals surface area contributed by atoms with Crippen molar-refractivity contribution < 1.29 is 14.3 Å². The van der Waals surface area contributed by atoms with Crippen molar-refractivity contribution in [3.05, 3.63) is 65.7 Å². The van der Waals surface area contributed by atoms with E-state index in [1.165, 1.54) is 0 Å². The van der Waals surface area contributed by atoms with Gasteiger partial charge in [0.1, 0.15) is 17.8 Å². The number of carbonyl (C=O) groups is 1. The van der Waals surface area contributed by atoms with Gasteiger partial charge in [-0.15, -0.1) is 0 Å². The van der Waals surface area contributed by atoms with Gasteiger partial charge in [-0.3, -0.25) is 4.79 Å². The number of aldehydes is 1. The van der Waals surface area contributed by atoms with Crippen molar-refractivity contribution in [2.24, 2.45) is 0 Å². The average Bonchev–Trinajstić information content (AvgIpc) is 2.53. The van der Waals surface area contributed by atoms with Gasteiger partial charge in [0.25, 0.3) is 0 Å². The molecule has 24 heavy (non-hydrogen) atoms. The highest BCUT2D eigenvalue weighted by molar-refractivity contribution is 5.89. The Balaban J connectivity index is 2.26. The molecule has 3 heteroatoms. The third kappa shape index (κ3) is 4.98. The van der Waals surface area contributed by atoms with Gasteiger partial charge >= 0.3 is 0 Å². The molecule has 0 unspecified atom stereocenters. The number of benzene rings is 2. The van der Waals surface area contributed by atoms with Crippen molar-refractivity contribution in [2.75, 3.05) is 0 Å². The summed E-state index contributed by atoms with van der Waals surface area (Å²) in [6.45, 7) is 7.97. The zero-order valence-corrected chi connectivity index (χ0v) is 14.7. The number of hydrogen-bond acceptors (Lipinski definition) is 3. The lowest BCUT2D eigenvalue weighted by Crippen LogP contribution is -2.05. The van der Waals surface area contributed by atoms with Gasteiger partial charge in [-0.05, 0) is 74.7 Å². The quantitative estimate of drug-likeness (QED) is 0.537. The molecule has 0 amide bonds. The Hall–Kier alpha value is -2.55. The van der Waals surface area contributed by atoms with E-state index in [-0.39, 0.29) is 12.2 Å². The minimum absolute atomic E-state index is 0.134. The molecule has 2 aromatic rings. The second-order valence-electron chi connectivity index (χ2n) is 6.10. The minimum Gasteiger partial charge on any atom is -0.491 e. The molecule has 2 rings (SSSR count). The first-order valence-electron chi connectivity index (χ1n) is 8.19. The van der Waals surface area contributed by atoms with E-state index in [1.54, 1.807) is 6.08 Å². The summed E-state index contributed by atoms with van der Waals surface area (Å²) < 4.78 is 11.3. The Morgan fingerprint density at radius 2 is 1.12 bits per heavy atom. The third-order valence-corrected chi connectivity index (χ3v) is 3.31. The molecule has 0 saturated heterocycles. The minimum atomic E-state index is 0.134. The van der Waals surface area contributed by atoms with E-state index in [0.717, 1.165) is 34.5 Å². The van der Waals surface area contributed by atoms with Gasteiger partial charge in [0, 0.05) is 0 Å². The predicted octanol–water partition coefficient (Wildman–Crippen LogP) is 4.89. The highest BCUT2D eigenvalue weighted by atomic mass is 16.5. The maximum atomic E-state index is 11.1. The first-order chi connectivity index (χ1) is 11.5. The van der Waals surface area contributed by atoms with E-state index in [9.17, 15) is 4.79 Å². The van der Waals surface area contributed by atoms with Gasteiger partial charge in [0.2, 0.25) is 0 Å². The van der Waals surface area contributed by atoms with Crippen LogP contribution in [-0.2, 0) is 4.79 Å². The molecule has 0 aliphatic carbocycles. The van der Waals surface area contributed by atoms with Crippen LogP contribution < -0.4 is 9.47 Å². The maximum Gasteiger partial charge on any atom is 0.143 e. The smallest absolute Gasteiger partial charge is 0.143 e. The number of hydrogen-bond donors (Lipinski definition) is 0. The molecule has 3 nitrogen and oxygen atoms in total. The van der Waals surface area contributed by atoms with Gasteiger partial charge < -0.3 is 9.47 Å². The molecular formula is C21H24O3. The van der Waals surface area contributed by atoms with E-state index < -0.39 is 0 Å². The van der Waals surface area contributed by atoms with Crippen LogP contribution in [0.25, 0.3) is 5.57 Å². The summed E-state index contributed by atoms with van der Waals surface area (Å²) in [5, 5.41) is 0.